The van der Waals surface area contributed by atoms with Crippen LogP contribution in [0.15, 0.2) is 18.2 Å². The van der Waals surface area contributed by atoms with E-state index >= 15 is 0 Å². The quantitative estimate of drug-likeness (QED) is 0.712. The number of nitrogens with two attached hydrogens (primary N) is 1. The lowest BCUT2D eigenvalue weighted by Gasteiger charge is -2.13. The van der Waals surface area contributed by atoms with Crippen molar-refractivity contribution in [2.45, 2.75) is 19.4 Å². The topological polar surface area (TPSA) is 92.4 Å². The van der Waals surface area contributed by atoms with Gasteiger partial charge in [-0.05, 0) is 24.6 Å². The summed E-state index contributed by atoms with van der Waals surface area (Å²) >= 11 is 5.74. The van der Waals surface area contributed by atoms with Crippen LogP contribution in [0, 0.1) is 0 Å². The van der Waals surface area contributed by atoms with E-state index in [4.69, 9.17) is 22.4 Å². The van der Waals surface area contributed by atoms with Crippen LogP contribution >= 0.6 is 11.6 Å². The van der Waals surface area contributed by atoms with Gasteiger partial charge >= 0.3 is 5.97 Å². The number of carbonyl (C=O) groups is 2. The molecule has 92 valence electrons. The first-order chi connectivity index (χ1) is 7.95. The van der Waals surface area contributed by atoms with Crippen molar-refractivity contribution in [3.05, 3.63) is 28.8 Å². The minimum atomic E-state index is -1.08. The lowest BCUT2D eigenvalue weighted by Crippen LogP contribution is -2.40. The van der Waals surface area contributed by atoms with Crippen LogP contribution in [-0.2, 0) is 4.79 Å². The number of amides is 1. The lowest BCUT2D eigenvalue weighted by molar-refractivity contribution is -0.139. The number of anilines is 1. The minimum Gasteiger partial charge on any atom is -0.480 e. The Labute approximate surface area is 104 Å². The number of benzene rings is 1. The Hall–Kier alpha value is -1.75. The monoisotopic (exact) mass is 256 g/mol. The van der Waals surface area contributed by atoms with Crippen LogP contribution in [0.1, 0.15) is 23.7 Å². The van der Waals surface area contributed by atoms with E-state index in [2.05, 4.69) is 5.32 Å². The van der Waals surface area contributed by atoms with Gasteiger partial charge in [0.1, 0.15) is 6.04 Å². The van der Waals surface area contributed by atoms with E-state index in [9.17, 15) is 9.59 Å². The molecule has 6 heteroatoms. The molecule has 0 saturated carbocycles. The molecule has 0 bridgehead atoms. The summed E-state index contributed by atoms with van der Waals surface area (Å²) in [6.07, 6.45) is 0.293. The van der Waals surface area contributed by atoms with E-state index < -0.39 is 17.9 Å². The predicted octanol–water partition coefficient (Wildman–Crippen LogP) is 1.52. The molecule has 0 unspecified atom stereocenters. The summed E-state index contributed by atoms with van der Waals surface area (Å²) in [5.74, 6) is -1.62. The zero-order valence-corrected chi connectivity index (χ0v) is 9.99. The van der Waals surface area contributed by atoms with Crippen LogP contribution in [-0.4, -0.2) is 23.0 Å². The van der Waals surface area contributed by atoms with Gasteiger partial charge in [0.15, 0.2) is 0 Å². The highest BCUT2D eigenvalue weighted by molar-refractivity contribution is 6.31. The molecule has 0 fully saturated rings. The molecule has 1 amide bonds. The number of nitrogens with one attached hydrogen (secondary N) is 1. The van der Waals surface area contributed by atoms with E-state index in [0.29, 0.717) is 11.4 Å². The molecular weight excluding hydrogens is 244 g/mol. The second kappa shape index (κ2) is 5.54. The fourth-order valence-electron chi connectivity index (χ4n) is 1.30. The number of nitrogen functional groups attached to an aromatic ring is 1. The number of carboxylic acids is 1. The molecule has 0 saturated heterocycles. The third-order valence-corrected chi connectivity index (χ3v) is 2.51. The second-order valence-electron chi connectivity index (χ2n) is 3.50. The van der Waals surface area contributed by atoms with E-state index in [1.54, 1.807) is 13.0 Å². The second-order valence-corrected chi connectivity index (χ2v) is 3.94. The number of halogens is 1. The van der Waals surface area contributed by atoms with E-state index in [0.717, 1.165) is 0 Å². The molecule has 1 atom stereocenters. The van der Waals surface area contributed by atoms with Crippen LogP contribution < -0.4 is 11.1 Å². The maximum Gasteiger partial charge on any atom is 0.326 e. The molecule has 1 aromatic carbocycles. The third kappa shape index (κ3) is 3.35. The molecular formula is C11H13ClN2O3. The van der Waals surface area contributed by atoms with Crippen LogP contribution in [0.4, 0.5) is 5.69 Å². The summed E-state index contributed by atoms with van der Waals surface area (Å²) < 4.78 is 0. The summed E-state index contributed by atoms with van der Waals surface area (Å²) in [7, 11) is 0. The largest absolute Gasteiger partial charge is 0.480 e. The average Bonchev–Trinajstić information content (AvgIpc) is 2.28. The molecule has 5 nitrogen and oxygen atoms in total. The van der Waals surface area contributed by atoms with Crippen molar-refractivity contribution in [3.8, 4) is 0 Å². The van der Waals surface area contributed by atoms with Gasteiger partial charge in [0.05, 0.1) is 5.56 Å². The van der Waals surface area contributed by atoms with Crippen LogP contribution in [0.25, 0.3) is 0 Å². The smallest absolute Gasteiger partial charge is 0.326 e. The van der Waals surface area contributed by atoms with Gasteiger partial charge in [0, 0.05) is 10.7 Å². The predicted molar refractivity (Wildman–Crippen MR) is 65.0 cm³/mol. The van der Waals surface area contributed by atoms with Crippen LogP contribution in [0.3, 0.4) is 0 Å². The number of rotatable bonds is 4. The van der Waals surface area contributed by atoms with Crippen molar-refractivity contribution in [2.75, 3.05) is 5.73 Å². The SMILES string of the molecule is CC[C@H](NC(=O)c1cc(Cl)ccc1N)C(=O)O. The fraction of sp³-hybridized carbons (Fsp3) is 0.273. The van der Waals surface area contributed by atoms with Gasteiger partial charge in [-0.15, -0.1) is 0 Å². The van der Waals surface area contributed by atoms with Crippen molar-refractivity contribution in [2.24, 2.45) is 0 Å². The Bertz CT molecular complexity index is 448. The van der Waals surface area contributed by atoms with Gasteiger partial charge in [0.2, 0.25) is 0 Å². The third-order valence-electron chi connectivity index (χ3n) is 2.27. The Morgan fingerprint density at radius 1 is 1.53 bits per heavy atom. The number of carbonyl (C=O) groups excluding carboxylic acids is 1. The fourth-order valence-corrected chi connectivity index (χ4v) is 1.47. The van der Waals surface area contributed by atoms with Crippen molar-refractivity contribution >= 4 is 29.2 Å². The molecule has 0 heterocycles. The normalized spacial score (nSPS) is 11.9. The highest BCUT2D eigenvalue weighted by atomic mass is 35.5. The van der Waals surface area contributed by atoms with Crippen LogP contribution in [0.2, 0.25) is 5.02 Å². The van der Waals surface area contributed by atoms with Gasteiger partial charge < -0.3 is 16.2 Å². The summed E-state index contributed by atoms with van der Waals surface area (Å²) in [6.45, 7) is 1.67. The molecule has 0 aliphatic heterocycles. The van der Waals surface area contributed by atoms with E-state index in [-0.39, 0.29) is 11.3 Å². The Balaban J connectivity index is 2.89. The molecule has 1 aromatic rings. The van der Waals surface area contributed by atoms with Crippen LogP contribution in [0.5, 0.6) is 0 Å². The summed E-state index contributed by atoms with van der Waals surface area (Å²) in [5.41, 5.74) is 6.05. The number of aliphatic carboxylic acids is 1. The van der Waals surface area contributed by atoms with Gasteiger partial charge in [0.25, 0.3) is 5.91 Å². The Morgan fingerprint density at radius 3 is 2.71 bits per heavy atom. The number of carboxylic acid groups (broad SMARTS) is 1. The molecule has 0 aliphatic carbocycles. The zero-order chi connectivity index (χ0) is 13.0. The Morgan fingerprint density at radius 2 is 2.18 bits per heavy atom. The summed E-state index contributed by atoms with van der Waals surface area (Å²) in [5, 5.41) is 11.6. The average molecular weight is 257 g/mol. The molecule has 0 aliphatic rings. The lowest BCUT2D eigenvalue weighted by atomic mass is 10.1. The highest BCUT2D eigenvalue weighted by Crippen LogP contribution is 2.17. The molecule has 0 spiro atoms. The minimum absolute atomic E-state index is 0.178. The molecule has 0 radical (unpaired) electrons. The Kier molecular flexibility index (Phi) is 4.34. The van der Waals surface area contributed by atoms with Gasteiger partial charge in [-0.3, -0.25) is 4.79 Å². The van der Waals surface area contributed by atoms with Crippen molar-refractivity contribution < 1.29 is 14.7 Å². The van der Waals surface area contributed by atoms with Gasteiger partial charge in [-0.25, -0.2) is 4.79 Å². The summed E-state index contributed by atoms with van der Waals surface area (Å²) in [4.78, 5) is 22.6. The van der Waals surface area contributed by atoms with Crippen molar-refractivity contribution in [1.82, 2.24) is 5.32 Å². The molecule has 17 heavy (non-hydrogen) atoms. The first-order valence-electron chi connectivity index (χ1n) is 5.04. The van der Waals surface area contributed by atoms with E-state index in [1.165, 1.54) is 12.1 Å². The molecule has 4 N–H and O–H groups in total. The maximum atomic E-state index is 11.8. The first-order valence-corrected chi connectivity index (χ1v) is 5.42. The molecule has 1 rings (SSSR count). The first kappa shape index (κ1) is 13.3. The standard InChI is InChI=1S/C11H13ClN2O3/c1-2-9(11(16)17)14-10(15)7-5-6(12)3-4-8(7)13/h3-5,9H,2,13H2,1H3,(H,14,15)(H,16,17)/t9-/m0/s1. The van der Waals surface area contributed by atoms with Crippen molar-refractivity contribution in [3.63, 3.8) is 0 Å². The van der Waals surface area contributed by atoms with E-state index in [1.807, 2.05) is 0 Å². The summed E-state index contributed by atoms with van der Waals surface area (Å²) in [6, 6.07) is 3.53. The zero-order valence-electron chi connectivity index (χ0n) is 9.24. The van der Waals surface area contributed by atoms with Gasteiger partial charge in [-0.1, -0.05) is 18.5 Å². The van der Waals surface area contributed by atoms with Crippen molar-refractivity contribution in [1.29, 1.82) is 0 Å². The van der Waals surface area contributed by atoms with Gasteiger partial charge in [-0.2, -0.15) is 0 Å². The maximum absolute atomic E-state index is 11.8. The molecule has 0 aromatic heterocycles. The number of hydrogen-bond acceptors (Lipinski definition) is 3. The highest BCUT2D eigenvalue weighted by Gasteiger charge is 2.19. The number of hydrogen-bond donors (Lipinski definition) is 3.